The molecule has 3 nitrogen and oxygen atoms in total. The van der Waals surface area contributed by atoms with Gasteiger partial charge >= 0.3 is 0 Å². The molecule has 0 bridgehead atoms. The predicted octanol–water partition coefficient (Wildman–Crippen LogP) is 2.71. The van der Waals surface area contributed by atoms with Gasteiger partial charge in [-0.1, -0.05) is 17.7 Å². The van der Waals surface area contributed by atoms with Gasteiger partial charge < -0.3 is 10.0 Å². The average molecular weight is 293 g/mol. The minimum Gasteiger partial charge on any atom is -0.393 e. The maximum absolute atomic E-state index is 12.0. The molecule has 110 valence electrons. The number of aliphatic hydroxyl groups excluding tert-OH is 1. The van der Waals surface area contributed by atoms with Gasteiger partial charge in [-0.05, 0) is 37.8 Å². The van der Waals surface area contributed by atoms with Gasteiger partial charge in [-0.3, -0.25) is 4.79 Å². The number of hydrogen-bond acceptors (Lipinski definition) is 3. The van der Waals surface area contributed by atoms with E-state index >= 15 is 0 Å². The molecule has 4 heteroatoms. The highest BCUT2D eigenvalue weighted by atomic mass is 32.2. The number of nitrogens with zero attached hydrogens (tertiary/aromatic N) is 1. The molecule has 0 spiro atoms. The van der Waals surface area contributed by atoms with Gasteiger partial charge in [0.1, 0.15) is 0 Å². The SMILES string of the molecule is Cc1ccc(SCCC(=O)N(C)CC2CC(O)C2)cc1. The van der Waals surface area contributed by atoms with Crippen LogP contribution in [0.15, 0.2) is 29.2 Å². The molecule has 1 amide bonds. The lowest BCUT2D eigenvalue weighted by Crippen LogP contribution is -2.39. The Morgan fingerprint density at radius 3 is 2.60 bits per heavy atom. The molecule has 0 saturated heterocycles. The summed E-state index contributed by atoms with van der Waals surface area (Å²) in [4.78, 5) is 15.0. The van der Waals surface area contributed by atoms with Crippen LogP contribution in [0, 0.1) is 12.8 Å². The van der Waals surface area contributed by atoms with E-state index < -0.39 is 0 Å². The number of aryl methyl sites for hydroxylation is 1. The van der Waals surface area contributed by atoms with E-state index in [1.54, 1.807) is 11.8 Å². The van der Waals surface area contributed by atoms with Crippen molar-refractivity contribution in [3.05, 3.63) is 29.8 Å². The second-order valence-corrected chi connectivity index (χ2v) is 6.85. The van der Waals surface area contributed by atoms with Gasteiger partial charge in [0.25, 0.3) is 0 Å². The first kappa shape index (κ1) is 15.4. The second kappa shape index (κ2) is 7.14. The zero-order chi connectivity index (χ0) is 14.5. The number of carbonyl (C=O) groups excluding carboxylic acids is 1. The summed E-state index contributed by atoms with van der Waals surface area (Å²) >= 11 is 1.73. The third-order valence-electron chi connectivity index (χ3n) is 3.77. The van der Waals surface area contributed by atoms with Crippen LogP contribution in [0.25, 0.3) is 0 Å². The van der Waals surface area contributed by atoms with Crippen molar-refractivity contribution in [2.45, 2.75) is 37.2 Å². The van der Waals surface area contributed by atoms with Crippen molar-refractivity contribution in [3.63, 3.8) is 0 Å². The van der Waals surface area contributed by atoms with Crippen LogP contribution in [0.2, 0.25) is 0 Å². The molecule has 1 aliphatic carbocycles. The lowest BCUT2D eigenvalue weighted by atomic mass is 9.82. The summed E-state index contributed by atoms with van der Waals surface area (Å²) in [7, 11) is 1.86. The monoisotopic (exact) mass is 293 g/mol. The van der Waals surface area contributed by atoms with Crippen LogP contribution in [-0.2, 0) is 4.79 Å². The van der Waals surface area contributed by atoms with Gasteiger partial charge in [0.15, 0.2) is 0 Å². The van der Waals surface area contributed by atoms with Crippen LogP contribution >= 0.6 is 11.8 Å². The molecular formula is C16H23NO2S. The summed E-state index contributed by atoms with van der Waals surface area (Å²) in [6, 6.07) is 8.39. The summed E-state index contributed by atoms with van der Waals surface area (Å²) in [5, 5.41) is 9.25. The number of hydrogen-bond donors (Lipinski definition) is 1. The molecule has 0 aromatic heterocycles. The van der Waals surface area contributed by atoms with Crippen molar-refractivity contribution >= 4 is 17.7 Å². The minimum absolute atomic E-state index is 0.138. The molecule has 1 aliphatic rings. The van der Waals surface area contributed by atoms with E-state index in [1.165, 1.54) is 10.5 Å². The maximum atomic E-state index is 12.0. The quantitative estimate of drug-likeness (QED) is 0.820. The van der Waals surface area contributed by atoms with Gasteiger partial charge in [-0.25, -0.2) is 0 Å². The van der Waals surface area contributed by atoms with Crippen molar-refractivity contribution in [2.24, 2.45) is 5.92 Å². The molecule has 1 fully saturated rings. The van der Waals surface area contributed by atoms with Crippen molar-refractivity contribution in [1.29, 1.82) is 0 Å². The van der Waals surface area contributed by atoms with E-state index in [4.69, 9.17) is 0 Å². The van der Waals surface area contributed by atoms with Gasteiger partial charge in [0, 0.05) is 30.7 Å². The summed E-state index contributed by atoms with van der Waals surface area (Å²) in [5.41, 5.74) is 1.26. The van der Waals surface area contributed by atoms with Crippen LogP contribution in [0.1, 0.15) is 24.8 Å². The summed E-state index contributed by atoms with van der Waals surface area (Å²) < 4.78 is 0. The Labute approximate surface area is 125 Å². The maximum Gasteiger partial charge on any atom is 0.223 e. The third kappa shape index (κ3) is 4.53. The van der Waals surface area contributed by atoms with E-state index in [-0.39, 0.29) is 12.0 Å². The highest BCUT2D eigenvalue weighted by Gasteiger charge is 2.28. The van der Waals surface area contributed by atoms with Crippen LogP contribution in [-0.4, -0.2) is 41.4 Å². The standard InChI is InChI=1S/C16H23NO2S/c1-12-3-5-15(6-4-12)20-8-7-16(19)17(2)11-13-9-14(18)10-13/h3-6,13-14,18H,7-11H2,1-2H3. The smallest absolute Gasteiger partial charge is 0.223 e. The summed E-state index contributed by atoms with van der Waals surface area (Å²) in [6.45, 7) is 2.86. The molecule has 1 saturated carbocycles. The number of amides is 1. The molecule has 1 N–H and O–H groups in total. The molecule has 1 aromatic rings. The van der Waals surface area contributed by atoms with Crippen molar-refractivity contribution in [2.75, 3.05) is 19.3 Å². The predicted molar refractivity (Wildman–Crippen MR) is 82.9 cm³/mol. The molecule has 0 heterocycles. The Balaban J connectivity index is 1.65. The van der Waals surface area contributed by atoms with Crippen LogP contribution in [0.5, 0.6) is 0 Å². The van der Waals surface area contributed by atoms with Gasteiger partial charge in [0.05, 0.1) is 6.10 Å². The molecule has 2 rings (SSSR count). The fourth-order valence-corrected chi connectivity index (χ4v) is 3.26. The lowest BCUT2D eigenvalue weighted by molar-refractivity contribution is -0.131. The summed E-state index contributed by atoms with van der Waals surface area (Å²) in [5.74, 6) is 1.51. The molecule has 20 heavy (non-hydrogen) atoms. The lowest BCUT2D eigenvalue weighted by Gasteiger charge is -2.34. The Kier molecular flexibility index (Phi) is 5.49. The fraction of sp³-hybridized carbons (Fsp3) is 0.562. The molecule has 0 radical (unpaired) electrons. The Morgan fingerprint density at radius 2 is 2.00 bits per heavy atom. The molecule has 0 aliphatic heterocycles. The molecule has 0 atom stereocenters. The van der Waals surface area contributed by atoms with E-state index in [0.717, 1.165) is 25.1 Å². The Hall–Kier alpha value is -1.00. The third-order valence-corrected chi connectivity index (χ3v) is 4.79. The highest BCUT2D eigenvalue weighted by Crippen LogP contribution is 2.27. The van der Waals surface area contributed by atoms with E-state index in [0.29, 0.717) is 12.3 Å². The van der Waals surface area contributed by atoms with Crippen LogP contribution in [0.4, 0.5) is 0 Å². The minimum atomic E-state index is -0.138. The van der Waals surface area contributed by atoms with Crippen molar-refractivity contribution < 1.29 is 9.90 Å². The first-order valence-electron chi connectivity index (χ1n) is 7.16. The number of rotatable bonds is 6. The normalized spacial score (nSPS) is 21.4. The zero-order valence-corrected chi connectivity index (χ0v) is 13.0. The number of carbonyl (C=O) groups is 1. The number of thioether (sulfide) groups is 1. The molecular weight excluding hydrogens is 270 g/mol. The summed E-state index contributed by atoms with van der Waals surface area (Å²) in [6.07, 6.45) is 2.12. The number of aliphatic hydroxyl groups is 1. The fourth-order valence-electron chi connectivity index (χ4n) is 2.42. The zero-order valence-electron chi connectivity index (χ0n) is 12.2. The number of benzene rings is 1. The van der Waals surface area contributed by atoms with E-state index in [2.05, 4.69) is 31.2 Å². The Morgan fingerprint density at radius 1 is 1.35 bits per heavy atom. The van der Waals surface area contributed by atoms with E-state index in [1.807, 2.05) is 11.9 Å². The largest absolute Gasteiger partial charge is 0.393 e. The topological polar surface area (TPSA) is 40.5 Å². The first-order chi connectivity index (χ1) is 9.54. The molecule has 0 unspecified atom stereocenters. The van der Waals surface area contributed by atoms with Gasteiger partial charge in [-0.15, -0.1) is 11.8 Å². The first-order valence-corrected chi connectivity index (χ1v) is 8.14. The van der Waals surface area contributed by atoms with Crippen LogP contribution < -0.4 is 0 Å². The second-order valence-electron chi connectivity index (χ2n) is 5.68. The van der Waals surface area contributed by atoms with Crippen LogP contribution in [0.3, 0.4) is 0 Å². The van der Waals surface area contributed by atoms with Gasteiger partial charge in [0.2, 0.25) is 5.91 Å². The van der Waals surface area contributed by atoms with Crippen molar-refractivity contribution in [3.8, 4) is 0 Å². The van der Waals surface area contributed by atoms with E-state index in [9.17, 15) is 9.90 Å². The highest BCUT2D eigenvalue weighted by molar-refractivity contribution is 7.99. The Bertz CT molecular complexity index is 440. The van der Waals surface area contributed by atoms with Crippen molar-refractivity contribution in [1.82, 2.24) is 4.90 Å². The molecule has 1 aromatic carbocycles. The average Bonchev–Trinajstić information content (AvgIpc) is 2.39. The van der Waals surface area contributed by atoms with Gasteiger partial charge in [-0.2, -0.15) is 0 Å².